The topological polar surface area (TPSA) is 60.0 Å². The molecular formula is H2FLi2O2Sb. The Hall–Kier alpha value is 1.86. The second-order valence-electron chi connectivity index (χ2n) is 0. The van der Waals surface area contributed by atoms with E-state index in [9.17, 15) is 2.81 Å². The van der Waals surface area contributed by atoms with Crippen LogP contribution in [0.1, 0.15) is 0 Å². The third-order valence-electron chi connectivity index (χ3n) is 0. The molecule has 0 aliphatic rings. The number of rotatable bonds is 0. The Balaban J connectivity index is -0.000000000833. The maximum Gasteiger partial charge on any atom is 1.00 e. The second kappa shape index (κ2) is 68.0. The van der Waals surface area contributed by atoms with Crippen LogP contribution in [-0.2, 0) is 0 Å². The Morgan fingerprint density at radius 2 is 0.833 bits per heavy atom. The normalized spacial score (nSPS) is 1.00. The quantitative estimate of drug-likeness (QED) is 0.355. The Morgan fingerprint density at radius 3 is 0.833 bits per heavy atom. The van der Waals surface area contributed by atoms with Gasteiger partial charge in [-0.1, -0.05) is 0 Å². The van der Waals surface area contributed by atoms with Gasteiger partial charge in [0.05, 0.1) is 0 Å². The van der Waals surface area contributed by atoms with Crippen molar-refractivity contribution < 1.29 is 51.5 Å². The summed E-state index contributed by atoms with van der Waals surface area (Å²) in [7, 11) is 0. The maximum atomic E-state index is 9.55. The molecule has 0 rings (SSSR count). The van der Waals surface area contributed by atoms with Gasteiger partial charge in [0.2, 0.25) is 0 Å². The van der Waals surface area contributed by atoms with Gasteiger partial charge in [-0.05, 0) is 0 Å². The molecule has 2 N–H and O–H groups in total. The third kappa shape index (κ3) is 39.9. The average Bonchev–Trinajstić information content (AvgIpc) is 1.00. The van der Waals surface area contributed by atoms with Gasteiger partial charge < -0.3 is 11.0 Å². The average molecular weight is 189 g/mol. The van der Waals surface area contributed by atoms with Crippen LogP contribution in [0.2, 0.25) is 0 Å². The van der Waals surface area contributed by atoms with E-state index < -0.39 is 0 Å². The zero-order chi connectivity index (χ0) is 2.00. The monoisotopic (exact) mass is 188 g/mol. The molecule has 0 aliphatic carbocycles. The molecule has 2 radical (unpaired) electrons. The molecule has 0 aromatic heterocycles. The van der Waals surface area contributed by atoms with Crippen LogP contribution in [0.4, 0.5) is 2.81 Å². The molecule has 0 saturated carbocycles. The van der Waals surface area contributed by atoms with Gasteiger partial charge in [0.15, 0.2) is 0 Å². The molecule has 0 unspecified atom stereocenters. The van der Waals surface area contributed by atoms with Gasteiger partial charge in [0.25, 0.3) is 0 Å². The second-order valence-corrected chi connectivity index (χ2v) is 0. The van der Waals surface area contributed by atoms with Gasteiger partial charge in [-0.25, -0.2) is 0 Å². The van der Waals surface area contributed by atoms with Crippen molar-refractivity contribution in [2.45, 2.75) is 0 Å². The van der Waals surface area contributed by atoms with Gasteiger partial charge in [-0.15, -0.1) is 0 Å². The van der Waals surface area contributed by atoms with E-state index in [1.807, 2.05) is 0 Å². The van der Waals surface area contributed by atoms with Crippen molar-refractivity contribution in [3.8, 4) is 0 Å². The molecule has 0 bridgehead atoms. The van der Waals surface area contributed by atoms with E-state index in [1.54, 1.807) is 0 Å². The Morgan fingerprint density at radius 1 is 0.833 bits per heavy atom. The summed E-state index contributed by atoms with van der Waals surface area (Å²) in [6, 6.07) is 0. The summed E-state index contributed by atoms with van der Waals surface area (Å²) >= 11 is 0.250. The van der Waals surface area contributed by atoms with Gasteiger partial charge in [-0.3, -0.25) is 0 Å². The van der Waals surface area contributed by atoms with Crippen LogP contribution in [0.5, 0.6) is 0 Å². The minimum absolute atomic E-state index is 0. The fourth-order valence-electron chi connectivity index (χ4n) is 0. The largest absolute Gasteiger partial charge is 1.00 e. The van der Waals surface area contributed by atoms with E-state index >= 15 is 0 Å². The molecule has 0 aromatic rings. The van der Waals surface area contributed by atoms with E-state index in [-0.39, 0.29) is 72.3 Å². The molecule has 6 heteroatoms. The molecule has 2 nitrogen and oxygen atoms in total. The zero-order valence-electron chi connectivity index (χ0n) is 3.72. The first-order valence-corrected chi connectivity index (χ1v) is 1.13. The summed E-state index contributed by atoms with van der Waals surface area (Å²) in [6.07, 6.45) is 0. The van der Waals surface area contributed by atoms with Crippen LogP contribution in [0.25, 0.3) is 0 Å². The van der Waals surface area contributed by atoms with Crippen molar-refractivity contribution >= 4 is 23.6 Å². The zero-order valence-corrected chi connectivity index (χ0v) is 6.27. The van der Waals surface area contributed by atoms with Crippen LogP contribution in [-0.4, -0.2) is 34.6 Å². The van der Waals surface area contributed by atoms with E-state index in [0.717, 1.165) is 0 Å². The molecular weight excluding hydrogens is 187 g/mol. The Labute approximate surface area is 74.5 Å². The SMILES string of the molecule is [F][Sb].[Li+].[Li+].[OH-].[OH-]. The van der Waals surface area contributed by atoms with Crippen LogP contribution in [0, 0.1) is 0 Å². The molecule has 0 aromatic carbocycles. The van der Waals surface area contributed by atoms with Crippen molar-refractivity contribution in [3.63, 3.8) is 0 Å². The fourth-order valence-corrected chi connectivity index (χ4v) is 0. The minimum Gasteiger partial charge on any atom is -0.870 e. The summed E-state index contributed by atoms with van der Waals surface area (Å²) < 4.78 is 9.55. The molecule has 0 fully saturated rings. The van der Waals surface area contributed by atoms with Crippen molar-refractivity contribution in [3.05, 3.63) is 0 Å². The minimum atomic E-state index is 0. The summed E-state index contributed by atoms with van der Waals surface area (Å²) in [5.74, 6) is 0. The number of hydrogen-bond acceptors (Lipinski definition) is 2. The number of halogens is 1. The Bertz CT molecular complexity index is 11.5. The maximum absolute atomic E-state index is 9.55. The first-order valence-electron chi connectivity index (χ1n) is 0.169. The smallest absolute Gasteiger partial charge is 0.870 e. The van der Waals surface area contributed by atoms with Crippen molar-refractivity contribution in [2.75, 3.05) is 0 Å². The molecule has 0 aliphatic heterocycles. The van der Waals surface area contributed by atoms with E-state index in [2.05, 4.69) is 0 Å². The van der Waals surface area contributed by atoms with Gasteiger partial charge >= 0.3 is 64.1 Å². The first-order chi connectivity index (χ1) is 1.00. The molecule has 6 heavy (non-hydrogen) atoms. The van der Waals surface area contributed by atoms with Crippen LogP contribution >= 0.6 is 0 Å². The standard InChI is InChI=1S/FH.2Li.2H2O.Sb/h1H;;;2*1H2;/q;2*+1;;;+1/p-3. The van der Waals surface area contributed by atoms with Crippen LogP contribution in [0.15, 0.2) is 0 Å². The van der Waals surface area contributed by atoms with Crippen molar-refractivity contribution in [1.82, 2.24) is 0 Å². The van der Waals surface area contributed by atoms with Gasteiger partial charge in [0.1, 0.15) is 0 Å². The molecule has 0 amide bonds. The molecule has 0 heterocycles. The van der Waals surface area contributed by atoms with Crippen LogP contribution in [0.3, 0.4) is 0 Å². The van der Waals surface area contributed by atoms with Crippen LogP contribution < -0.4 is 37.7 Å². The van der Waals surface area contributed by atoms with E-state index in [4.69, 9.17) is 0 Å². The van der Waals surface area contributed by atoms with Crippen molar-refractivity contribution in [1.29, 1.82) is 0 Å². The molecule has 0 saturated heterocycles. The predicted molar refractivity (Wildman–Crippen MR) is 10.7 cm³/mol. The number of hydrogen-bond donors (Lipinski definition) is 0. The summed E-state index contributed by atoms with van der Waals surface area (Å²) in [5.41, 5.74) is 0. The van der Waals surface area contributed by atoms with Crippen molar-refractivity contribution in [2.24, 2.45) is 0 Å². The first kappa shape index (κ1) is 45.2. The Kier molecular flexibility index (Phi) is 512. The summed E-state index contributed by atoms with van der Waals surface area (Å²) in [5, 5.41) is 0. The third-order valence-corrected chi connectivity index (χ3v) is 0. The van der Waals surface area contributed by atoms with Gasteiger partial charge in [-0.2, -0.15) is 0 Å². The van der Waals surface area contributed by atoms with E-state index in [0.29, 0.717) is 0 Å². The summed E-state index contributed by atoms with van der Waals surface area (Å²) in [4.78, 5) is 0. The molecule has 28 valence electrons. The fraction of sp³-hybridized carbons (Fsp3) is 0. The summed E-state index contributed by atoms with van der Waals surface area (Å²) in [6.45, 7) is 0. The predicted octanol–water partition coefficient (Wildman–Crippen LogP) is -6.31. The van der Waals surface area contributed by atoms with E-state index in [1.165, 1.54) is 0 Å². The van der Waals surface area contributed by atoms with Gasteiger partial charge in [0, 0.05) is 0 Å². The molecule has 0 spiro atoms. The molecule has 0 atom stereocenters.